The molecule has 0 N–H and O–H groups in total. The highest BCUT2D eigenvalue weighted by molar-refractivity contribution is 8.02. The number of carbonyl (C=O) groups is 2. The van der Waals surface area contributed by atoms with Crippen LogP contribution in [0.5, 0.6) is 0 Å². The van der Waals surface area contributed by atoms with Gasteiger partial charge in [0.15, 0.2) is 4.87 Å². The lowest BCUT2D eigenvalue weighted by Gasteiger charge is -2.33. The number of rotatable bonds is 3. The van der Waals surface area contributed by atoms with E-state index in [0.29, 0.717) is 13.1 Å². The Morgan fingerprint density at radius 1 is 1.00 bits per heavy atom. The third-order valence-corrected chi connectivity index (χ3v) is 7.53. The van der Waals surface area contributed by atoms with Gasteiger partial charge in [-0.1, -0.05) is 54.6 Å². The van der Waals surface area contributed by atoms with E-state index in [1.807, 2.05) is 68.4 Å². The van der Waals surface area contributed by atoms with Crippen molar-refractivity contribution >= 4 is 29.3 Å². The monoisotopic (exact) mass is 446 g/mol. The van der Waals surface area contributed by atoms with E-state index in [1.165, 1.54) is 30.0 Å². The third-order valence-electron chi connectivity index (χ3n) is 5.94. The van der Waals surface area contributed by atoms with E-state index < -0.39 is 10.7 Å². The summed E-state index contributed by atoms with van der Waals surface area (Å²) in [5.74, 6) is -0.949. The zero-order chi connectivity index (χ0) is 22.5. The van der Waals surface area contributed by atoms with Crippen LogP contribution < -0.4 is 4.90 Å². The first kappa shape index (κ1) is 20.8. The number of nitrogens with zero attached hydrogens (tertiary/aromatic N) is 2. The minimum absolute atomic E-state index is 0.136. The zero-order valence-corrected chi connectivity index (χ0v) is 18.7. The van der Waals surface area contributed by atoms with Crippen LogP contribution in [-0.4, -0.2) is 28.0 Å². The molecule has 0 aromatic heterocycles. The quantitative estimate of drug-likeness (QED) is 0.556. The number of halogens is 1. The van der Waals surface area contributed by atoms with Gasteiger partial charge in [-0.3, -0.25) is 9.59 Å². The fourth-order valence-corrected chi connectivity index (χ4v) is 6.39. The van der Waals surface area contributed by atoms with Crippen LogP contribution in [0.1, 0.15) is 35.3 Å². The van der Waals surface area contributed by atoms with Gasteiger partial charge in [-0.2, -0.15) is 0 Å². The molecule has 162 valence electrons. The summed E-state index contributed by atoms with van der Waals surface area (Å²) in [4.78, 5) is 30.0. The van der Waals surface area contributed by atoms with Gasteiger partial charge in [0.2, 0.25) is 0 Å². The molecule has 2 aliphatic heterocycles. The van der Waals surface area contributed by atoms with E-state index in [0.717, 1.165) is 16.8 Å². The molecule has 3 aromatic rings. The molecule has 1 fully saturated rings. The number of carbonyl (C=O) groups excluding carboxylic acids is 2. The minimum atomic E-state index is -1.18. The molecule has 2 aliphatic rings. The molecule has 3 aromatic carbocycles. The molecular weight excluding hydrogens is 423 g/mol. The largest absolute Gasteiger partial charge is 0.310 e. The average Bonchev–Trinajstić information content (AvgIpc) is 3.20. The summed E-state index contributed by atoms with van der Waals surface area (Å²) in [6.07, 6.45) is 0. The Morgan fingerprint density at radius 3 is 2.47 bits per heavy atom. The molecule has 0 aliphatic carbocycles. The van der Waals surface area contributed by atoms with Crippen LogP contribution in [0.2, 0.25) is 0 Å². The van der Waals surface area contributed by atoms with Crippen LogP contribution in [0.15, 0.2) is 78.9 Å². The van der Waals surface area contributed by atoms with Crippen molar-refractivity contribution in [3.8, 4) is 0 Å². The Bertz CT molecular complexity index is 1210. The van der Waals surface area contributed by atoms with E-state index in [-0.39, 0.29) is 22.1 Å². The van der Waals surface area contributed by atoms with Gasteiger partial charge in [0.05, 0.1) is 12.2 Å². The number of hydrogen-bond donors (Lipinski definition) is 0. The maximum absolute atomic E-state index is 14.1. The maximum Gasteiger partial charge on any atom is 0.268 e. The Labute approximate surface area is 191 Å². The molecule has 6 heteroatoms. The lowest BCUT2D eigenvalue weighted by atomic mass is 10.0. The predicted octanol–water partition coefficient (Wildman–Crippen LogP) is 5.19. The Kier molecular flexibility index (Phi) is 4.86. The van der Waals surface area contributed by atoms with Crippen LogP contribution in [0, 0.1) is 5.82 Å². The van der Waals surface area contributed by atoms with Gasteiger partial charge in [-0.15, -0.1) is 11.8 Å². The first-order valence-corrected chi connectivity index (χ1v) is 11.4. The summed E-state index contributed by atoms with van der Waals surface area (Å²) in [5.41, 5.74) is 2.87. The number of fused-ring (bicyclic) bond motifs is 2. The molecule has 0 radical (unpaired) electrons. The minimum Gasteiger partial charge on any atom is -0.310 e. The molecule has 1 atom stereocenters. The highest BCUT2D eigenvalue weighted by atomic mass is 32.2. The van der Waals surface area contributed by atoms with Crippen LogP contribution in [0.3, 0.4) is 0 Å². The molecule has 1 saturated heterocycles. The van der Waals surface area contributed by atoms with Crippen LogP contribution in [0.25, 0.3) is 0 Å². The van der Waals surface area contributed by atoms with Gasteiger partial charge in [-0.05, 0) is 43.7 Å². The number of amides is 2. The average molecular weight is 447 g/mol. The van der Waals surface area contributed by atoms with Gasteiger partial charge in [-0.25, -0.2) is 4.39 Å². The summed E-state index contributed by atoms with van der Waals surface area (Å²) in [6, 6.07) is 23.2. The van der Waals surface area contributed by atoms with Gasteiger partial charge >= 0.3 is 0 Å². The van der Waals surface area contributed by atoms with E-state index >= 15 is 0 Å². The molecule has 32 heavy (non-hydrogen) atoms. The van der Waals surface area contributed by atoms with Gasteiger partial charge in [0, 0.05) is 22.4 Å². The zero-order valence-electron chi connectivity index (χ0n) is 17.9. The second-order valence-corrected chi connectivity index (χ2v) is 10.7. The second-order valence-electron chi connectivity index (χ2n) is 8.80. The summed E-state index contributed by atoms with van der Waals surface area (Å²) in [6.45, 7) is 4.87. The normalized spacial score (nSPS) is 21.3. The molecular formula is C26H23FN2O2S. The number of anilines is 1. The van der Waals surface area contributed by atoms with E-state index in [1.54, 1.807) is 15.9 Å². The molecule has 0 unspecified atom stereocenters. The predicted molar refractivity (Wildman–Crippen MR) is 125 cm³/mol. The third kappa shape index (κ3) is 3.21. The van der Waals surface area contributed by atoms with Crippen molar-refractivity contribution in [2.24, 2.45) is 0 Å². The molecule has 1 spiro atoms. The van der Waals surface area contributed by atoms with Gasteiger partial charge in [0.25, 0.3) is 11.8 Å². The standard InChI is InChI=1S/C26H23FN2O2S/c1-25(2)17-29(23(30)19-11-8-12-20(27)15-19)26(32-25)21-13-6-7-14-22(21)28(24(26)31)16-18-9-4-3-5-10-18/h3-15H,16-17H2,1-2H3/t26-/m0/s1. The second kappa shape index (κ2) is 7.48. The molecule has 4 nitrogen and oxygen atoms in total. The maximum atomic E-state index is 14.1. The van der Waals surface area contributed by atoms with Crippen molar-refractivity contribution in [2.45, 2.75) is 30.0 Å². The van der Waals surface area contributed by atoms with E-state index in [2.05, 4.69) is 0 Å². The van der Waals surface area contributed by atoms with Crippen LogP contribution in [-0.2, 0) is 16.2 Å². The summed E-state index contributed by atoms with van der Waals surface area (Å²) in [5, 5.41) is 0. The first-order chi connectivity index (χ1) is 15.3. The van der Waals surface area contributed by atoms with E-state index in [4.69, 9.17) is 0 Å². The Morgan fingerprint density at radius 2 is 1.72 bits per heavy atom. The number of hydrogen-bond acceptors (Lipinski definition) is 3. The highest BCUT2D eigenvalue weighted by Crippen LogP contribution is 2.60. The lowest BCUT2D eigenvalue weighted by Crippen LogP contribution is -2.50. The van der Waals surface area contributed by atoms with Crippen molar-refractivity contribution < 1.29 is 14.0 Å². The lowest BCUT2D eigenvalue weighted by molar-refractivity contribution is -0.123. The summed E-state index contributed by atoms with van der Waals surface area (Å²) < 4.78 is 13.6. The highest BCUT2D eigenvalue weighted by Gasteiger charge is 2.63. The SMILES string of the molecule is CC1(C)CN(C(=O)c2cccc(F)c2)[C@@]2(S1)C(=O)N(Cc1ccccc1)c1ccccc12. The van der Waals surface area contributed by atoms with E-state index in [9.17, 15) is 14.0 Å². The van der Waals surface area contributed by atoms with Crippen molar-refractivity contribution in [1.29, 1.82) is 0 Å². The van der Waals surface area contributed by atoms with Crippen LogP contribution >= 0.6 is 11.8 Å². The first-order valence-electron chi connectivity index (χ1n) is 10.5. The Hall–Kier alpha value is -3.12. The Balaban J connectivity index is 1.63. The molecule has 2 heterocycles. The molecule has 0 bridgehead atoms. The van der Waals surface area contributed by atoms with Crippen molar-refractivity contribution in [3.63, 3.8) is 0 Å². The van der Waals surface area contributed by atoms with Gasteiger partial charge < -0.3 is 9.80 Å². The molecule has 5 rings (SSSR count). The van der Waals surface area contributed by atoms with Crippen molar-refractivity contribution in [2.75, 3.05) is 11.4 Å². The van der Waals surface area contributed by atoms with Crippen LogP contribution in [0.4, 0.5) is 10.1 Å². The fraction of sp³-hybridized carbons (Fsp3) is 0.231. The topological polar surface area (TPSA) is 40.6 Å². The number of benzene rings is 3. The number of para-hydroxylation sites is 1. The molecule has 0 saturated carbocycles. The summed E-state index contributed by atoms with van der Waals surface area (Å²) in [7, 11) is 0. The summed E-state index contributed by atoms with van der Waals surface area (Å²) >= 11 is 1.50. The fourth-order valence-electron chi connectivity index (χ4n) is 4.66. The number of thioether (sulfide) groups is 1. The molecule has 2 amide bonds. The van der Waals surface area contributed by atoms with Crippen molar-refractivity contribution in [3.05, 3.63) is 101 Å². The van der Waals surface area contributed by atoms with Crippen molar-refractivity contribution in [1.82, 2.24) is 4.90 Å². The smallest absolute Gasteiger partial charge is 0.268 e. The van der Waals surface area contributed by atoms with Gasteiger partial charge in [0.1, 0.15) is 5.82 Å².